The largest absolute Gasteiger partial charge is 0.312 e. The molecule has 0 aliphatic carbocycles. The van der Waals surface area contributed by atoms with Gasteiger partial charge in [-0.2, -0.15) is 0 Å². The first-order valence-corrected chi connectivity index (χ1v) is 4.47. The van der Waals surface area contributed by atoms with Gasteiger partial charge in [0.1, 0.15) is 5.82 Å². The molecular formula is C10H10F3N. The average Bonchev–Trinajstić information content (AvgIpc) is 2.26. The molecule has 0 saturated carbocycles. The summed E-state index contributed by atoms with van der Waals surface area (Å²) in [4.78, 5) is 0. The van der Waals surface area contributed by atoms with Gasteiger partial charge in [-0.25, -0.2) is 13.2 Å². The number of rotatable bonds is 0. The van der Waals surface area contributed by atoms with Crippen LogP contribution in [0.15, 0.2) is 18.2 Å². The summed E-state index contributed by atoms with van der Waals surface area (Å²) in [7, 11) is 0. The number of halogens is 3. The Morgan fingerprint density at radius 2 is 2.07 bits per heavy atom. The number of fused-ring (bicyclic) bond motifs is 1. The molecule has 1 N–H and O–H groups in total. The highest BCUT2D eigenvalue weighted by Gasteiger charge is 2.35. The second kappa shape index (κ2) is 3.28. The highest BCUT2D eigenvalue weighted by molar-refractivity contribution is 5.32. The predicted molar refractivity (Wildman–Crippen MR) is 46.6 cm³/mol. The molecule has 0 fully saturated rings. The van der Waals surface area contributed by atoms with E-state index >= 15 is 0 Å². The molecule has 2 rings (SSSR count). The van der Waals surface area contributed by atoms with E-state index in [1.807, 2.05) is 0 Å². The molecule has 0 aromatic heterocycles. The molecular weight excluding hydrogens is 191 g/mol. The third-order valence-corrected chi connectivity index (χ3v) is 2.40. The Bertz CT molecular complexity index is 349. The van der Waals surface area contributed by atoms with Crippen molar-refractivity contribution in [3.8, 4) is 0 Å². The lowest BCUT2D eigenvalue weighted by molar-refractivity contribution is -0.0109. The van der Waals surface area contributed by atoms with Crippen molar-refractivity contribution < 1.29 is 13.2 Å². The molecule has 1 aliphatic heterocycles. The topological polar surface area (TPSA) is 12.0 Å². The highest BCUT2D eigenvalue weighted by atomic mass is 19.3. The van der Waals surface area contributed by atoms with Gasteiger partial charge in [-0.3, -0.25) is 0 Å². The summed E-state index contributed by atoms with van der Waals surface area (Å²) in [5.41, 5.74) is 0.302. The van der Waals surface area contributed by atoms with E-state index in [1.54, 1.807) is 0 Å². The molecule has 1 nitrogen and oxygen atoms in total. The van der Waals surface area contributed by atoms with Crippen molar-refractivity contribution in [2.24, 2.45) is 0 Å². The third kappa shape index (κ3) is 1.62. The minimum atomic E-state index is -2.92. The molecule has 1 aliphatic rings. The van der Waals surface area contributed by atoms with Gasteiger partial charge in [-0.1, -0.05) is 6.07 Å². The normalized spacial score (nSPS) is 19.9. The maximum atomic E-state index is 13.4. The van der Waals surface area contributed by atoms with E-state index in [0.29, 0.717) is 12.1 Å². The number of hydrogen-bond acceptors (Lipinski definition) is 1. The summed E-state index contributed by atoms with van der Waals surface area (Å²) >= 11 is 0. The van der Waals surface area contributed by atoms with Crippen LogP contribution in [-0.2, 0) is 12.5 Å². The molecule has 1 heterocycles. The summed E-state index contributed by atoms with van der Waals surface area (Å²) < 4.78 is 39.7. The molecule has 0 spiro atoms. The molecule has 1 aromatic rings. The summed E-state index contributed by atoms with van der Waals surface area (Å²) in [6, 6.07) is 3.56. The summed E-state index contributed by atoms with van der Waals surface area (Å²) in [5, 5.41) is 2.88. The molecule has 0 saturated heterocycles. The molecule has 76 valence electrons. The third-order valence-electron chi connectivity index (χ3n) is 2.40. The zero-order valence-corrected chi connectivity index (χ0v) is 7.49. The summed E-state index contributed by atoms with van der Waals surface area (Å²) in [6.45, 7) is 0.633. The van der Waals surface area contributed by atoms with Gasteiger partial charge >= 0.3 is 0 Å². The van der Waals surface area contributed by atoms with Crippen LogP contribution in [0.2, 0.25) is 0 Å². The lowest BCUT2D eigenvalue weighted by atomic mass is 10.0. The van der Waals surface area contributed by atoms with Crippen molar-refractivity contribution >= 4 is 0 Å². The Morgan fingerprint density at radius 3 is 2.86 bits per heavy atom. The number of benzene rings is 1. The fourth-order valence-electron chi connectivity index (χ4n) is 1.65. The van der Waals surface area contributed by atoms with Gasteiger partial charge in [0.15, 0.2) is 0 Å². The average molecular weight is 201 g/mol. The minimum Gasteiger partial charge on any atom is -0.312 e. The second-order valence-corrected chi connectivity index (χ2v) is 3.43. The minimum absolute atomic E-state index is 0.178. The fourth-order valence-corrected chi connectivity index (χ4v) is 1.65. The number of hydrogen-bond donors (Lipinski definition) is 1. The zero-order valence-electron chi connectivity index (χ0n) is 7.49. The SMILES string of the molecule is Fc1ccc2c(c1)C(F)(F)CCNC2. The first-order valence-electron chi connectivity index (χ1n) is 4.47. The quantitative estimate of drug-likeness (QED) is 0.679. The van der Waals surface area contributed by atoms with E-state index in [2.05, 4.69) is 5.32 Å². The van der Waals surface area contributed by atoms with Gasteiger partial charge in [-0.15, -0.1) is 0 Å². The fraction of sp³-hybridized carbons (Fsp3) is 0.400. The Balaban J connectivity index is 2.52. The second-order valence-electron chi connectivity index (χ2n) is 3.43. The zero-order chi connectivity index (χ0) is 10.2. The molecule has 1 aromatic carbocycles. The van der Waals surface area contributed by atoms with E-state index in [9.17, 15) is 13.2 Å². The molecule has 0 radical (unpaired) electrons. The van der Waals surface area contributed by atoms with E-state index in [0.717, 1.165) is 6.07 Å². The lowest BCUT2D eigenvalue weighted by Gasteiger charge is -2.15. The van der Waals surface area contributed by atoms with Gasteiger partial charge in [0, 0.05) is 25.1 Å². The van der Waals surface area contributed by atoms with E-state index in [-0.39, 0.29) is 18.5 Å². The van der Waals surface area contributed by atoms with Gasteiger partial charge in [0.2, 0.25) is 0 Å². The van der Waals surface area contributed by atoms with Crippen molar-refractivity contribution in [2.75, 3.05) is 6.54 Å². The van der Waals surface area contributed by atoms with Crippen molar-refractivity contribution in [3.05, 3.63) is 35.1 Å². The van der Waals surface area contributed by atoms with Gasteiger partial charge in [0.25, 0.3) is 5.92 Å². The van der Waals surface area contributed by atoms with E-state index < -0.39 is 11.7 Å². The lowest BCUT2D eigenvalue weighted by Crippen LogP contribution is -2.17. The van der Waals surface area contributed by atoms with Crippen molar-refractivity contribution in [2.45, 2.75) is 18.9 Å². The van der Waals surface area contributed by atoms with Crippen molar-refractivity contribution in [3.63, 3.8) is 0 Å². The monoisotopic (exact) mass is 201 g/mol. The summed E-state index contributed by atoms with van der Waals surface area (Å²) in [6.07, 6.45) is -0.274. The molecule has 4 heteroatoms. The van der Waals surface area contributed by atoms with E-state index in [1.165, 1.54) is 12.1 Å². The first kappa shape index (κ1) is 9.52. The smallest absolute Gasteiger partial charge is 0.274 e. The van der Waals surface area contributed by atoms with Crippen molar-refractivity contribution in [1.29, 1.82) is 0 Å². The number of alkyl halides is 2. The maximum Gasteiger partial charge on any atom is 0.274 e. The van der Waals surface area contributed by atoms with Crippen LogP contribution in [0.5, 0.6) is 0 Å². The number of nitrogens with one attached hydrogen (secondary N) is 1. The Kier molecular flexibility index (Phi) is 2.23. The molecule has 0 bridgehead atoms. The Morgan fingerprint density at radius 1 is 1.29 bits per heavy atom. The maximum absolute atomic E-state index is 13.4. The first-order chi connectivity index (χ1) is 6.59. The van der Waals surface area contributed by atoms with Gasteiger partial charge in [0.05, 0.1) is 0 Å². The van der Waals surface area contributed by atoms with Crippen LogP contribution in [0.1, 0.15) is 17.5 Å². The molecule has 0 atom stereocenters. The van der Waals surface area contributed by atoms with Gasteiger partial charge in [-0.05, 0) is 17.7 Å². The van der Waals surface area contributed by atoms with Crippen LogP contribution >= 0.6 is 0 Å². The Labute approximate surface area is 79.9 Å². The molecule has 14 heavy (non-hydrogen) atoms. The summed E-state index contributed by atoms with van der Waals surface area (Å²) in [5.74, 6) is -3.52. The van der Waals surface area contributed by atoms with Crippen LogP contribution < -0.4 is 5.32 Å². The van der Waals surface area contributed by atoms with E-state index in [4.69, 9.17) is 0 Å². The van der Waals surface area contributed by atoms with Gasteiger partial charge < -0.3 is 5.32 Å². The molecule has 0 amide bonds. The van der Waals surface area contributed by atoms with Crippen LogP contribution in [-0.4, -0.2) is 6.54 Å². The standard InChI is InChI=1S/C10H10F3N/c11-8-2-1-7-6-14-4-3-10(12,13)9(7)5-8/h1-2,5,14H,3-4,6H2. The Hall–Kier alpha value is -1.03. The van der Waals surface area contributed by atoms with Crippen LogP contribution in [0.4, 0.5) is 13.2 Å². The van der Waals surface area contributed by atoms with Crippen LogP contribution in [0, 0.1) is 5.82 Å². The van der Waals surface area contributed by atoms with Crippen LogP contribution in [0.3, 0.4) is 0 Å². The predicted octanol–water partition coefficient (Wildman–Crippen LogP) is 2.41. The molecule has 0 unspecified atom stereocenters. The highest BCUT2D eigenvalue weighted by Crippen LogP contribution is 2.35. The van der Waals surface area contributed by atoms with Crippen LogP contribution in [0.25, 0.3) is 0 Å². The van der Waals surface area contributed by atoms with Crippen molar-refractivity contribution in [1.82, 2.24) is 5.32 Å².